The summed E-state index contributed by atoms with van der Waals surface area (Å²) in [5.74, 6) is 0. The third kappa shape index (κ3) is 1.99. The van der Waals surface area contributed by atoms with E-state index in [9.17, 15) is 0 Å². The van der Waals surface area contributed by atoms with E-state index in [1.807, 2.05) is 40.7 Å². The van der Waals surface area contributed by atoms with Crippen molar-refractivity contribution < 1.29 is 9.31 Å². The molecule has 2 heterocycles. The summed E-state index contributed by atoms with van der Waals surface area (Å²) < 4.78 is 12.7. The minimum Gasteiger partial charge on any atom is -0.399 e. The van der Waals surface area contributed by atoms with E-state index in [1.54, 1.807) is 0 Å². The number of nitriles is 1. The van der Waals surface area contributed by atoms with Crippen LogP contribution < -0.4 is 4.78 Å². The van der Waals surface area contributed by atoms with E-state index in [0.717, 1.165) is 10.5 Å². The Balaban J connectivity index is 2.32. The minimum atomic E-state index is -0.417. The molecule has 0 aliphatic carbocycles. The SMILES string of the molecule is Cc1nc(C#N)sc1B1OC(C)(C)C(C)(C)O1. The highest BCUT2D eigenvalue weighted by atomic mass is 32.1. The highest BCUT2D eigenvalue weighted by molar-refractivity contribution is 7.22. The number of nitrogens with zero attached hydrogens (tertiary/aromatic N) is 2. The molecule has 1 aromatic rings. The molecule has 17 heavy (non-hydrogen) atoms. The summed E-state index contributed by atoms with van der Waals surface area (Å²) in [7, 11) is -0.417. The average Bonchev–Trinajstić information content (AvgIpc) is 2.66. The molecular formula is C11H15BN2O2S. The number of hydrogen-bond donors (Lipinski definition) is 0. The molecule has 2 rings (SSSR count). The summed E-state index contributed by atoms with van der Waals surface area (Å²) in [6.45, 7) is 9.91. The first-order chi connectivity index (χ1) is 7.77. The van der Waals surface area contributed by atoms with Gasteiger partial charge in [-0.05, 0) is 34.6 Å². The first kappa shape index (κ1) is 12.6. The summed E-state index contributed by atoms with van der Waals surface area (Å²) in [6, 6.07) is 2.05. The lowest BCUT2D eigenvalue weighted by atomic mass is 9.86. The molecule has 0 spiro atoms. The Morgan fingerprint density at radius 2 is 1.76 bits per heavy atom. The molecule has 0 atom stereocenters. The summed E-state index contributed by atoms with van der Waals surface area (Å²) in [5.41, 5.74) is 0.0898. The van der Waals surface area contributed by atoms with Crippen molar-refractivity contribution in [2.24, 2.45) is 0 Å². The normalized spacial score (nSPS) is 21.5. The topological polar surface area (TPSA) is 55.1 Å². The second-order valence-corrected chi connectivity index (χ2v) is 6.20. The highest BCUT2D eigenvalue weighted by Crippen LogP contribution is 2.37. The summed E-state index contributed by atoms with van der Waals surface area (Å²) in [4.78, 5) is 4.17. The van der Waals surface area contributed by atoms with Crippen LogP contribution in [0.3, 0.4) is 0 Å². The second kappa shape index (κ2) is 3.80. The van der Waals surface area contributed by atoms with Crippen molar-refractivity contribution >= 4 is 23.2 Å². The van der Waals surface area contributed by atoms with Crippen LogP contribution >= 0.6 is 11.3 Å². The van der Waals surface area contributed by atoms with Gasteiger partial charge in [0.2, 0.25) is 0 Å². The van der Waals surface area contributed by atoms with Crippen molar-refractivity contribution in [2.45, 2.75) is 45.8 Å². The predicted molar refractivity (Wildman–Crippen MR) is 67.3 cm³/mol. The fraction of sp³-hybridized carbons (Fsp3) is 0.636. The van der Waals surface area contributed by atoms with Gasteiger partial charge in [0.05, 0.1) is 16.0 Å². The van der Waals surface area contributed by atoms with Gasteiger partial charge in [-0.2, -0.15) is 5.26 Å². The molecule has 1 fully saturated rings. The summed E-state index contributed by atoms with van der Waals surface area (Å²) >= 11 is 1.34. The van der Waals surface area contributed by atoms with Crippen molar-refractivity contribution in [3.8, 4) is 6.07 Å². The van der Waals surface area contributed by atoms with E-state index in [2.05, 4.69) is 4.98 Å². The molecule has 0 aromatic carbocycles. The molecular weight excluding hydrogens is 235 g/mol. The van der Waals surface area contributed by atoms with E-state index < -0.39 is 7.12 Å². The Morgan fingerprint density at radius 3 is 2.18 bits per heavy atom. The van der Waals surface area contributed by atoms with Gasteiger partial charge in [0, 0.05) is 5.69 Å². The first-order valence-corrected chi connectivity index (χ1v) is 6.31. The van der Waals surface area contributed by atoms with Gasteiger partial charge in [0.25, 0.3) is 0 Å². The van der Waals surface area contributed by atoms with E-state index in [1.165, 1.54) is 11.3 Å². The molecule has 6 heteroatoms. The van der Waals surface area contributed by atoms with Crippen LogP contribution in [0, 0.1) is 18.3 Å². The van der Waals surface area contributed by atoms with Crippen LogP contribution in [0.15, 0.2) is 0 Å². The largest absolute Gasteiger partial charge is 0.507 e. The van der Waals surface area contributed by atoms with Crippen molar-refractivity contribution in [2.75, 3.05) is 0 Å². The number of hydrogen-bond acceptors (Lipinski definition) is 5. The zero-order valence-corrected chi connectivity index (χ0v) is 11.5. The van der Waals surface area contributed by atoms with E-state index in [0.29, 0.717) is 5.01 Å². The Hall–Kier alpha value is -0.895. The highest BCUT2D eigenvalue weighted by Gasteiger charge is 2.52. The number of rotatable bonds is 1. The molecule has 0 radical (unpaired) electrons. The minimum absolute atomic E-state index is 0.360. The van der Waals surface area contributed by atoms with Crippen LogP contribution in [0.5, 0.6) is 0 Å². The predicted octanol–water partition coefficient (Wildman–Crippen LogP) is 1.62. The standard InChI is InChI=1S/C11H15BN2O2S/c1-7-9(17-8(6-13)14-7)12-15-10(2,3)11(4,5)16-12/h1-5H3. The third-order valence-electron chi connectivity index (χ3n) is 3.40. The number of aromatic nitrogens is 1. The Labute approximate surface area is 106 Å². The number of aryl methyl sites for hydroxylation is 1. The van der Waals surface area contributed by atoms with Gasteiger partial charge in [-0.15, -0.1) is 11.3 Å². The van der Waals surface area contributed by atoms with Gasteiger partial charge in [0.15, 0.2) is 5.01 Å². The molecule has 1 aromatic heterocycles. The molecule has 0 saturated carbocycles. The van der Waals surface area contributed by atoms with Crippen molar-refractivity contribution in [1.29, 1.82) is 5.26 Å². The molecule has 0 bridgehead atoms. The molecule has 0 N–H and O–H groups in total. The maximum atomic E-state index is 8.84. The van der Waals surface area contributed by atoms with Crippen LogP contribution in [0.2, 0.25) is 0 Å². The van der Waals surface area contributed by atoms with Gasteiger partial charge in [-0.25, -0.2) is 4.98 Å². The molecule has 4 nitrogen and oxygen atoms in total. The summed E-state index contributed by atoms with van der Waals surface area (Å²) in [5, 5.41) is 9.29. The van der Waals surface area contributed by atoms with Gasteiger partial charge < -0.3 is 9.31 Å². The van der Waals surface area contributed by atoms with Crippen molar-refractivity contribution in [3.05, 3.63) is 10.7 Å². The zero-order valence-electron chi connectivity index (χ0n) is 10.7. The zero-order chi connectivity index (χ0) is 12.8. The third-order valence-corrected chi connectivity index (χ3v) is 4.48. The maximum absolute atomic E-state index is 8.84. The van der Waals surface area contributed by atoms with E-state index >= 15 is 0 Å². The van der Waals surface area contributed by atoms with Crippen LogP contribution in [0.4, 0.5) is 0 Å². The smallest absolute Gasteiger partial charge is 0.399 e. The van der Waals surface area contributed by atoms with Crippen molar-refractivity contribution in [1.82, 2.24) is 4.98 Å². The molecule has 1 aliphatic heterocycles. The van der Waals surface area contributed by atoms with Gasteiger partial charge in [-0.1, -0.05) is 0 Å². The molecule has 1 saturated heterocycles. The van der Waals surface area contributed by atoms with Crippen LogP contribution in [-0.2, 0) is 9.31 Å². The lowest BCUT2D eigenvalue weighted by Gasteiger charge is -2.32. The first-order valence-electron chi connectivity index (χ1n) is 5.50. The molecule has 0 unspecified atom stereocenters. The van der Waals surface area contributed by atoms with Gasteiger partial charge >= 0.3 is 7.12 Å². The van der Waals surface area contributed by atoms with Gasteiger partial charge in [-0.3, -0.25) is 0 Å². The Bertz CT molecular complexity index is 474. The van der Waals surface area contributed by atoms with Crippen LogP contribution in [-0.4, -0.2) is 23.3 Å². The Morgan fingerprint density at radius 1 is 1.24 bits per heavy atom. The van der Waals surface area contributed by atoms with Crippen LogP contribution in [0.25, 0.3) is 0 Å². The van der Waals surface area contributed by atoms with E-state index in [4.69, 9.17) is 14.6 Å². The molecule has 90 valence electrons. The molecule has 0 amide bonds. The summed E-state index contributed by atoms with van der Waals surface area (Å²) in [6.07, 6.45) is 0. The Kier molecular flexibility index (Phi) is 2.81. The number of thiazole rings is 1. The fourth-order valence-corrected chi connectivity index (χ4v) is 2.45. The lowest BCUT2D eigenvalue weighted by molar-refractivity contribution is 0.00578. The fourth-order valence-electron chi connectivity index (χ4n) is 1.62. The average molecular weight is 250 g/mol. The molecule has 1 aliphatic rings. The second-order valence-electron chi connectivity index (χ2n) is 5.17. The monoisotopic (exact) mass is 250 g/mol. The quantitative estimate of drug-likeness (QED) is 0.711. The van der Waals surface area contributed by atoms with Gasteiger partial charge in [0.1, 0.15) is 6.07 Å². The van der Waals surface area contributed by atoms with Crippen molar-refractivity contribution in [3.63, 3.8) is 0 Å². The lowest BCUT2D eigenvalue weighted by Crippen LogP contribution is -2.41. The van der Waals surface area contributed by atoms with E-state index in [-0.39, 0.29) is 11.2 Å². The maximum Gasteiger partial charge on any atom is 0.507 e. The van der Waals surface area contributed by atoms with Crippen LogP contribution in [0.1, 0.15) is 38.4 Å².